The summed E-state index contributed by atoms with van der Waals surface area (Å²) in [4.78, 5) is 13.3. The Morgan fingerprint density at radius 3 is 2.56 bits per heavy atom. The summed E-state index contributed by atoms with van der Waals surface area (Å²) in [5, 5.41) is 0. The fourth-order valence-electron chi connectivity index (χ4n) is 1.88. The highest BCUT2D eigenvalue weighted by Crippen LogP contribution is 2.24. The van der Waals surface area contributed by atoms with Gasteiger partial charge in [-0.2, -0.15) is 4.98 Å². The van der Waals surface area contributed by atoms with Gasteiger partial charge in [0, 0.05) is 33.3 Å². The first-order valence-corrected chi connectivity index (χ1v) is 6.65. The molecule has 2 heterocycles. The first kappa shape index (κ1) is 13.5. The smallest absolute Gasteiger partial charge is 0.227 e. The van der Waals surface area contributed by atoms with Crippen LogP contribution < -0.4 is 10.6 Å². The Balaban J connectivity index is 2.22. The van der Waals surface area contributed by atoms with Crippen molar-refractivity contribution >= 4 is 27.7 Å². The molecule has 7 heteroatoms. The number of rotatable bonds is 3. The topological polar surface area (TPSA) is 67.5 Å². The fourth-order valence-corrected chi connectivity index (χ4v) is 2.17. The molecule has 0 spiro atoms. The zero-order valence-electron chi connectivity index (χ0n) is 10.7. The van der Waals surface area contributed by atoms with Gasteiger partial charge in [0.25, 0.3) is 0 Å². The van der Waals surface area contributed by atoms with Crippen LogP contribution in [0.15, 0.2) is 4.47 Å². The van der Waals surface area contributed by atoms with Crippen LogP contribution in [0.1, 0.15) is 5.69 Å². The molecule has 18 heavy (non-hydrogen) atoms. The van der Waals surface area contributed by atoms with Gasteiger partial charge in [0.1, 0.15) is 5.82 Å². The molecule has 1 aromatic heterocycles. The zero-order valence-corrected chi connectivity index (χ0v) is 12.3. The van der Waals surface area contributed by atoms with Gasteiger partial charge in [0.2, 0.25) is 5.95 Å². The quantitative estimate of drug-likeness (QED) is 0.886. The number of piperazine rings is 1. The maximum Gasteiger partial charge on any atom is 0.227 e. The third-order valence-electron chi connectivity index (χ3n) is 3.00. The molecule has 0 aromatic carbocycles. The molecule has 1 aliphatic heterocycles. The summed E-state index contributed by atoms with van der Waals surface area (Å²) in [6, 6.07) is 0. The van der Waals surface area contributed by atoms with E-state index in [1.165, 1.54) is 0 Å². The van der Waals surface area contributed by atoms with E-state index in [1.54, 1.807) is 7.11 Å². The van der Waals surface area contributed by atoms with Crippen molar-refractivity contribution in [1.82, 2.24) is 14.9 Å². The molecule has 2 rings (SSSR count). The second kappa shape index (κ2) is 5.81. The molecule has 100 valence electrons. The minimum atomic E-state index is 0.425. The molecule has 0 atom stereocenters. The van der Waals surface area contributed by atoms with Crippen molar-refractivity contribution < 1.29 is 4.74 Å². The molecular weight excluding hydrogens is 298 g/mol. The molecule has 0 radical (unpaired) electrons. The van der Waals surface area contributed by atoms with Crippen molar-refractivity contribution in [2.75, 3.05) is 51.0 Å². The molecule has 0 aliphatic carbocycles. The first-order valence-electron chi connectivity index (χ1n) is 5.86. The number of likely N-dealkylation sites (N-methyl/N-ethyl adjacent to an activating group) is 1. The molecule has 1 aromatic rings. The number of hydrogen-bond donors (Lipinski definition) is 1. The van der Waals surface area contributed by atoms with Crippen LogP contribution >= 0.6 is 15.9 Å². The number of ether oxygens (including phenoxy) is 1. The van der Waals surface area contributed by atoms with E-state index in [0.717, 1.165) is 36.3 Å². The van der Waals surface area contributed by atoms with Crippen LogP contribution in [0, 0.1) is 0 Å². The third kappa shape index (κ3) is 2.90. The molecule has 1 saturated heterocycles. The summed E-state index contributed by atoms with van der Waals surface area (Å²) in [6.07, 6.45) is 0. The summed E-state index contributed by atoms with van der Waals surface area (Å²) in [5.41, 5.74) is 6.69. The summed E-state index contributed by atoms with van der Waals surface area (Å²) in [6.45, 7) is 4.29. The van der Waals surface area contributed by atoms with Crippen LogP contribution in [0.4, 0.5) is 11.8 Å². The fraction of sp³-hybridized carbons (Fsp3) is 0.636. The Kier molecular flexibility index (Phi) is 4.36. The number of halogens is 1. The first-order chi connectivity index (χ1) is 8.61. The molecule has 0 amide bonds. The van der Waals surface area contributed by atoms with Gasteiger partial charge in [-0.1, -0.05) is 0 Å². The van der Waals surface area contributed by atoms with Crippen LogP contribution in [0.5, 0.6) is 0 Å². The lowest BCUT2D eigenvalue weighted by molar-refractivity contribution is 0.181. The van der Waals surface area contributed by atoms with Crippen LogP contribution in [0.25, 0.3) is 0 Å². The minimum Gasteiger partial charge on any atom is -0.383 e. The minimum absolute atomic E-state index is 0.425. The number of methoxy groups -OCH3 is 1. The standard InChI is InChI=1S/C11H18BrN5O/c1-16-3-5-17(6-4-16)11-14-8(7-18-2)9(12)10(13)15-11/h3-7H2,1-2H3,(H2,13,14,15). The van der Waals surface area contributed by atoms with Gasteiger partial charge in [0.05, 0.1) is 16.8 Å². The van der Waals surface area contributed by atoms with Crippen molar-refractivity contribution in [3.63, 3.8) is 0 Å². The number of nitrogens with zero attached hydrogens (tertiary/aromatic N) is 4. The van der Waals surface area contributed by atoms with E-state index >= 15 is 0 Å². The molecule has 2 N–H and O–H groups in total. The summed E-state index contributed by atoms with van der Waals surface area (Å²) in [7, 11) is 3.75. The molecule has 1 fully saturated rings. The number of nitrogens with two attached hydrogens (primary N) is 1. The maximum atomic E-state index is 5.90. The predicted molar refractivity (Wildman–Crippen MR) is 74.6 cm³/mol. The second-order valence-corrected chi connectivity index (χ2v) is 5.19. The Hall–Kier alpha value is -0.920. The van der Waals surface area contributed by atoms with Crippen molar-refractivity contribution in [2.24, 2.45) is 0 Å². The number of nitrogen functional groups attached to an aromatic ring is 1. The number of aromatic nitrogens is 2. The number of anilines is 2. The van der Waals surface area contributed by atoms with Crippen molar-refractivity contribution in [1.29, 1.82) is 0 Å². The molecule has 6 nitrogen and oxygen atoms in total. The van der Waals surface area contributed by atoms with Gasteiger partial charge in [-0.25, -0.2) is 4.98 Å². The highest BCUT2D eigenvalue weighted by Gasteiger charge is 2.19. The van der Waals surface area contributed by atoms with Gasteiger partial charge >= 0.3 is 0 Å². The lowest BCUT2D eigenvalue weighted by Crippen LogP contribution is -2.45. The van der Waals surface area contributed by atoms with E-state index in [4.69, 9.17) is 10.5 Å². The second-order valence-electron chi connectivity index (χ2n) is 4.39. The summed E-state index contributed by atoms with van der Waals surface area (Å²) >= 11 is 3.39. The Labute approximate surface area is 115 Å². The van der Waals surface area contributed by atoms with E-state index in [-0.39, 0.29) is 0 Å². The van der Waals surface area contributed by atoms with E-state index in [0.29, 0.717) is 18.4 Å². The highest BCUT2D eigenvalue weighted by atomic mass is 79.9. The van der Waals surface area contributed by atoms with E-state index in [1.807, 2.05) is 0 Å². The Morgan fingerprint density at radius 2 is 1.94 bits per heavy atom. The molecule has 0 unspecified atom stereocenters. The van der Waals surface area contributed by atoms with Crippen LogP contribution in [0.3, 0.4) is 0 Å². The van der Waals surface area contributed by atoms with Gasteiger partial charge in [0.15, 0.2) is 0 Å². The maximum absolute atomic E-state index is 5.90. The molecule has 0 saturated carbocycles. The average Bonchev–Trinajstić information content (AvgIpc) is 2.36. The lowest BCUT2D eigenvalue weighted by atomic mass is 10.3. The monoisotopic (exact) mass is 315 g/mol. The van der Waals surface area contributed by atoms with Gasteiger partial charge in [-0.05, 0) is 23.0 Å². The number of hydrogen-bond acceptors (Lipinski definition) is 6. The lowest BCUT2D eigenvalue weighted by Gasteiger charge is -2.32. The van der Waals surface area contributed by atoms with E-state index < -0.39 is 0 Å². The van der Waals surface area contributed by atoms with Gasteiger partial charge in [-0.3, -0.25) is 0 Å². The highest BCUT2D eigenvalue weighted by molar-refractivity contribution is 9.10. The van der Waals surface area contributed by atoms with Crippen molar-refractivity contribution in [2.45, 2.75) is 6.61 Å². The Morgan fingerprint density at radius 1 is 1.28 bits per heavy atom. The van der Waals surface area contributed by atoms with Crippen molar-refractivity contribution in [3.8, 4) is 0 Å². The normalized spacial score (nSPS) is 17.2. The average molecular weight is 316 g/mol. The van der Waals surface area contributed by atoms with Gasteiger partial charge < -0.3 is 20.3 Å². The summed E-state index contributed by atoms with van der Waals surface area (Å²) in [5.74, 6) is 1.15. The zero-order chi connectivity index (χ0) is 13.1. The Bertz CT molecular complexity index is 420. The SMILES string of the molecule is COCc1nc(N2CCN(C)CC2)nc(N)c1Br. The predicted octanol–water partition coefficient (Wildman–Crippen LogP) is 0.719. The molecule has 1 aliphatic rings. The largest absolute Gasteiger partial charge is 0.383 e. The van der Waals surface area contributed by atoms with Crippen molar-refractivity contribution in [3.05, 3.63) is 10.2 Å². The molecular formula is C11H18BrN5O. The van der Waals surface area contributed by atoms with E-state index in [2.05, 4.69) is 42.7 Å². The van der Waals surface area contributed by atoms with Crippen LogP contribution in [0.2, 0.25) is 0 Å². The van der Waals surface area contributed by atoms with Gasteiger partial charge in [-0.15, -0.1) is 0 Å². The van der Waals surface area contributed by atoms with Crippen LogP contribution in [-0.2, 0) is 11.3 Å². The third-order valence-corrected chi connectivity index (χ3v) is 3.86. The summed E-state index contributed by atoms with van der Waals surface area (Å²) < 4.78 is 5.84. The van der Waals surface area contributed by atoms with E-state index in [9.17, 15) is 0 Å². The molecule has 0 bridgehead atoms. The van der Waals surface area contributed by atoms with Crippen LogP contribution in [-0.4, -0.2) is 55.2 Å².